The molecule has 1 aliphatic rings. The van der Waals surface area contributed by atoms with E-state index < -0.39 is 17.9 Å². The molecular formula is C12H24N8O2. The SMILES string of the molecule is CN1CC(N)C(C(=O)NCCN)=NC(N)=C1C(=O)NCCN. The lowest BCUT2D eigenvalue weighted by atomic mass is 10.1. The minimum Gasteiger partial charge on any atom is -0.382 e. The molecule has 0 spiro atoms. The normalized spacial score (nSPS) is 18.6. The second-order valence-corrected chi connectivity index (χ2v) is 4.81. The van der Waals surface area contributed by atoms with Gasteiger partial charge in [0.05, 0.1) is 6.04 Å². The van der Waals surface area contributed by atoms with Crippen molar-refractivity contribution in [2.45, 2.75) is 6.04 Å². The Labute approximate surface area is 128 Å². The summed E-state index contributed by atoms with van der Waals surface area (Å²) in [6.07, 6.45) is 0. The Kier molecular flexibility index (Phi) is 6.76. The summed E-state index contributed by atoms with van der Waals surface area (Å²) in [4.78, 5) is 29.7. The van der Waals surface area contributed by atoms with Crippen LogP contribution in [0.25, 0.3) is 0 Å². The standard InChI is InChI=1S/C12H24N8O2/c1-20-6-7(15)8(11(21)17-4-2-13)19-10(16)9(20)12(22)18-5-3-14/h7H,2-6,13-16H2,1H3,(H,17,21)(H,18,22). The zero-order valence-electron chi connectivity index (χ0n) is 12.6. The van der Waals surface area contributed by atoms with Crippen LogP contribution in [0.2, 0.25) is 0 Å². The number of carbonyl (C=O) groups is 2. The van der Waals surface area contributed by atoms with Gasteiger partial charge < -0.3 is 38.5 Å². The fourth-order valence-corrected chi connectivity index (χ4v) is 1.99. The fourth-order valence-electron chi connectivity index (χ4n) is 1.99. The van der Waals surface area contributed by atoms with Crippen LogP contribution < -0.4 is 33.6 Å². The number of amides is 2. The predicted octanol–water partition coefficient (Wildman–Crippen LogP) is -4.02. The van der Waals surface area contributed by atoms with Crippen LogP contribution in [-0.2, 0) is 9.59 Å². The van der Waals surface area contributed by atoms with Crippen molar-refractivity contribution in [2.24, 2.45) is 27.9 Å². The van der Waals surface area contributed by atoms with E-state index in [1.165, 1.54) is 0 Å². The third kappa shape index (κ3) is 4.41. The molecule has 22 heavy (non-hydrogen) atoms. The van der Waals surface area contributed by atoms with Crippen LogP contribution in [0.3, 0.4) is 0 Å². The zero-order chi connectivity index (χ0) is 16.7. The summed E-state index contributed by atoms with van der Waals surface area (Å²) in [5.41, 5.74) is 22.7. The third-order valence-electron chi connectivity index (χ3n) is 2.99. The van der Waals surface area contributed by atoms with Crippen molar-refractivity contribution in [3.8, 4) is 0 Å². The molecule has 0 bridgehead atoms. The Morgan fingerprint density at radius 2 is 1.77 bits per heavy atom. The van der Waals surface area contributed by atoms with Crippen LogP contribution in [0.5, 0.6) is 0 Å². The molecule has 1 aliphatic heterocycles. The highest BCUT2D eigenvalue weighted by molar-refractivity contribution is 6.41. The summed E-state index contributed by atoms with van der Waals surface area (Å²) in [6, 6.07) is -0.680. The number of nitrogens with zero attached hydrogens (tertiary/aromatic N) is 2. The minimum absolute atomic E-state index is 0.0668. The van der Waals surface area contributed by atoms with E-state index in [4.69, 9.17) is 22.9 Å². The van der Waals surface area contributed by atoms with E-state index in [9.17, 15) is 9.59 Å². The highest BCUT2D eigenvalue weighted by Crippen LogP contribution is 2.12. The highest BCUT2D eigenvalue weighted by Gasteiger charge is 2.29. The number of carbonyl (C=O) groups excluding carboxylic acids is 2. The van der Waals surface area contributed by atoms with Gasteiger partial charge in [-0.25, -0.2) is 4.99 Å². The Bertz CT molecular complexity index is 488. The molecule has 0 aromatic rings. The molecule has 1 rings (SSSR count). The highest BCUT2D eigenvalue weighted by atomic mass is 16.2. The van der Waals surface area contributed by atoms with Crippen molar-refractivity contribution in [3.63, 3.8) is 0 Å². The van der Waals surface area contributed by atoms with E-state index in [1.807, 2.05) is 0 Å². The molecule has 0 radical (unpaired) electrons. The van der Waals surface area contributed by atoms with Gasteiger partial charge in [-0.15, -0.1) is 0 Å². The first-order valence-electron chi connectivity index (χ1n) is 6.94. The second-order valence-electron chi connectivity index (χ2n) is 4.81. The van der Waals surface area contributed by atoms with Crippen LogP contribution >= 0.6 is 0 Å². The Morgan fingerprint density at radius 3 is 2.32 bits per heavy atom. The van der Waals surface area contributed by atoms with Crippen LogP contribution in [0.15, 0.2) is 16.5 Å². The van der Waals surface area contributed by atoms with Gasteiger partial charge in [-0.3, -0.25) is 9.59 Å². The molecule has 1 atom stereocenters. The molecule has 2 amide bonds. The van der Waals surface area contributed by atoms with Crippen LogP contribution in [0.4, 0.5) is 0 Å². The predicted molar refractivity (Wildman–Crippen MR) is 83.4 cm³/mol. The Hall–Kier alpha value is -2.17. The zero-order valence-corrected chi connectivity index (χ0v) is 12.6. The van der Waals surface area contributed by atoms with Gasteiger partial charge in [-0.2, -0.15) is 0 Å². The number of likely N-dealkylation sites (N-methyl/N-ethyl adjacent to an activating group) is 1. The Morgan fingerprint density at radius 1 is 1.23 bits per heavy atom. The lowest BCUT2D eigenvalue weighted by Crippen LogP contribution is -2.48. The van der Waals surface area contributed by atoms with E-state index in [-0.39, 0.29) is 23.8 Å². The van der Waals surface area contributed by atoms with Crippen LogP contribution in [-0.4, -0.2) is 68.2 Å². The number of nitrogens with one attached hydrogen (secondary N) is 2. The van der Waals surface area contributed by atoms with Crippen LogP contribution in [0.1, 0.15) is 0 Å². The van der Waals surface area contributed by atoms with E-state index in [0.717, 1.165) is 0 Å². The average molecular weight is 312 g/mol. The van der Waals surface area contributed by atoms with Crippen molar-refractivity contribution in [1.82, 2.24) is 15.5 Å². The van der Waals surface area contributed by atoms with Crippen molar-refractivity contribution >= 4 is 17.5 Å². The maximum absolute atomic E-state index is 12.1. The van der Waals surface area contributed by atoms with Gasteiger partial charge in [0.15, 0.2) is 5.82 Å². The fraction of sp³-hybridized carbons (Fsp3) is 0.583. The van der Waals surface area contributed by atoms with Gasteiger partial charge in [-0.05, 0) is 0 Å². The van der Waals surface area contributed by atoms with Gasteiger partial charge in [0.1, 0.15) is 11.4 Å². The summed E-state index contributed by atoms with van der Waals surface area (Å²) in [6.45, 7) is 1.43. The number of nitrogens with two attached hydrogens (primary N) is 4. The first kappa shape index (κ1) is 17.9. The van der Waals surface area contributed by atoms with Crippen molar-refractivity contribution < 1.29 is 9.59 Å². The molecule has 1 unspecified atom stereocenters. The van der Waals surface area contributed by atoms with Gasteiger partial charge >= 0.3 is 0 Å². The molecule has 1 heterocycles. The average Bonchev–Trinajstić information content (AvgIpc) is 2.58. The maximum Gasteiger partial charge on any atom is 0.271 e. The van der Waals surface area contributed by atoms with Gasteiger partial charge in [-0.1, -0.05) is 0 Å². The van der Waals surface area contributed by atoms with Gasteiger partial charge in [0.25, 0.3) is 11.8 Å². The van der Waals surface area contributed by atoms with Gasteiger partial charge in [0, 0.05) is 39.8 Å². The number of aliphatic imine (C=N–C) groups is 1. The second kappa shape index (κ2) is 8.32. The smallest absolute Gasteiger partial charge is 0.271 e. The van der Waals surface area contributed by atoms with E-state index in [0.29, 0.717) is 26.2 Å². The number of hydrogen-bond donors (Lipinski definition) is 6. The number of rotatable bonds is 6. The molecule has 0 aromatic heterocycles. The quantitative estimate of drug-likeness (QED) is 0.289. The summed E-state index contributed by atoms with van der Waals surface area (Å²) in [7, 11) is 1.65. The maximum atomic E-state index is 12.1. The first-order chi connectivity index (χ1) is 10.4. The molecular weight excluding hydrogens is 288 g/mol. The molecule has 0 saturated carbocycles. The molecule has 0 saturated heterocycles. The van der Waals surface area contributed by atoms with Crippen molar-refractivity contribution in [1.29, 1.82) is 0 Å². The summed E-state index contributed by atoms with van der Waals surface area (Å²) in [5.74, 6) is -0.925. The molecule has 10 nitrogen and oxygen atoms in total. The monoisotopic (exact) mass is 312 g/mol. The van der Waals surface area contributed by atoms with E-state index in [2.05, 4.69) is 15.6 Å². The summed E-state index contributed by atoms with van der Waals surface area (Å²) < 4.78 is 0. The lowest BCUT2D eigenvalue weighted by Gasteiger charge is -2.23. The van der Waals surface area contributed by atoms with E-state index in [1.54, 1.807) is 11.9 Å². The van der Waals surface area contributed by atoms with Crippen molar-refractivity contribution in [2.75, 3.05) is 39.8 Å². The first-order valence-corrected chi connectivity index (χ1v) is 6.94. The van der Waals surface area contributed by atoms with Gasteiger partial charge in [0.2, 0.25) is 0 Å². The summed E-state index contributed by atoms with van der Waals surface area (Å²) >= 11 is 0. The Balaban J connectivity index is 3.04. The molecule has 0 fully saturated rings. The molecule has 124 valence electrons. The molecule has 0 aromatic carbocycles. The molecule has 0 aliphatic carbocycles. The molecule has 10 heteroatoms. The summed E-state index contributed by atoms with van der Waals surface area (Å²) in [5, 5.41) is 5.20. The topological polar surface area (TPSA) is 178 Å². The van der Waals surface area contributed by atoms with E-state index >= 15 is 0 Å². The minimum atomic E-state index is -0.680. The molecule has 10 N–H and O–H groups in total. The number of hydrogen-bond acceptors (Lipinski definition) is 8. The third-order valence-corrected chi connectivity index (χ3v) is 2.99. The van der Waals surface area contributed by atoms with Crippen molar-refractivity contribution in [3.05, 3.63) is 11.5 Å². The lowest BCUT2D eigenvalue weighted by molar-refractivity contribution is -0.119. The van der Waals surface area contributed by atoms with Crippen LogP contribution in [0, 0.1) is 0 Å². The largest absolute Gasteiger partial charge is 0.382 e.